The molecule has 0 saturated heterocycles. The highest BCUT2D eigenvalue weighted by Gasteiger charge is 2.26. The number of phosphoric acid groups is 1. The van der Waals surface area contributed by atoms with Crippen molar-refractivity contribution in [2.45, 2.75) is 20.8 Å². The third-order valence-electron chi connectivity index (χ3n) is 5.40. The molecule has 0 bridgehead atoms. The van der Waals surface area contributed by atoms with E-state index in [1.54, 1.807) is 36.4 Å². The highest BCUT2D eigenvalue weighted by molar-refractivity contribution is 7.48. The monoisotopic (exact) mass is 472 g/mol. The van der Waals surface area contributed by atoms with Gasteiger partial charge in [0.05, 0.1) is 0 Å². The van der Waals surface area contributed by atoms with Crippen LogP contribution in [0.15, 0.2) is 91.0 Å². The van der Waals surface area contributed by atoms with Crippen molar-refractivity contribution in [3.05, 3.63) is 119 Å². The number of rotatable bonds is 7. The van der Waals surface area contributed by atoms with Crippen molar-refractivity contribution in [1.82, 2.24) is 0 Å². The molecule has 0 aliphatic carbocycles. The number of aryl methyl sites for hydroxylation is 3. The minimum Gasteiger partial charge on any atom is -0.395 e. The first kappa shape index (κ1) is 23.5. The van der Waals surface area contributed by atoms with Crippen LogP contribution in [0.25, 0.3) is 11.1 Å². The van der Waals surface area contributed by atoms with Crippen LogP contribution in [0.1, 0.15) is 32.6 Å². The molecule has 0 heterocycles. The molecule has 1 N–H and O–H groups in total. The van der Waals surface area contributed by atoms with Gasteiger partial charge in [-0.1, -0.05) is 72.3 Å². The topological polar surface area (TPSA) is 72.8 Å². The van der Waals surface area contributed by atoms with E-state index in [1.807, 2.05) is 63.2 Å². The Balaban J connectivity index is 1.50. The number of carbonyl (C=O) groups is 1. The van der Waals surface area contributed by atoms with E-state index in [0.29, 0.717) is 11.1 Å². The van der Waals surface area contributed by atoms with Crippen LogP contribution in [-0.4, -0.2) is 10.7 Å². The molecule has 172 valence electrons. The molecule has 6 heteroatoms. The van der Waals surface area contributed by atoms with Gasteiger partial charge < -0.3 is 9.05 Å². The van der Waals surface area contributed by atoms with Gasteiger partial charge in [-0.2, -0.15) is 0 Å². The molecule has 5 nitrogen and oxygen atoms in total. The predicted molar refractivity (Wildman–Crippen MR) is 133 cm³/mol. The maximum atomic E-state index is 13.1. The van der Waals surface area contributed by atoms with Crippen molar-refractivity contribution in [2.24, 2.45) is 0 Å². The standard InChI is InChI=1S/C28H25O5P/c1-19-16-20(2)27(21(3)17-19)28(29)24-10-7-11-26(18-24)33-34(30,31)32-25-14-12-23(13-15-25)22-8-5-4-6-9-22/h4-18H,1-3H3,(H,30,31). The van der Waals surface area contributed by atoms with Crippen LogP contribution in [0.3, 0.4) is 0 Å². The fourth-order valence-electron chi connectivity index (χ4n) is 4.00. The Bertz CT molecular complexity index is 1350. The second-order valence-electron chi connectivity index (χ2n) is 8.17. The summed E-state index contributed by atoms with van der Waals surface area (Å²) in [6.45, 7) is 5.77. The Morgan fingerprint density at radius 1 is 0.706 bits per heavy atom. The lowest BCUT2D eigenvalue weighted by Gasteiger charge is -2.15. The van der Waals surface area contributed by atoms with Crippen LogP contribution in [0, 0.1) is 20.8 Å². The van der Waals surface area contributed by atoms with Gasteiger partial charge in [-0.05, 0) is 67.3 Å². The van der Waals surface area contributed by atoms with E-state index in [2.05, 4.69) is 0 Å². The minimum absolute atomic E-state index is 0.0695. The van der Waals surface area contributed by atoms with Gasteiger partial charge >= 0.3 is 7.82 Å². The third-order valence-corrected chi connectivity index (χ3v) is 6.29. The Morgan fingerprint density at radius 2 is 1.29 bits per heavy atom. The summed E-state index contributed by atoms with van der Waals surface area (Å²) in [5.41, 5.74) is 5.80. The Kier molecular flexibility index (Phi) is 6.69. The van der Waals surface area contributed by atoms with E-state index in [4.69, 9.17) is 9.05 Å². The van der Waals surface area contributed by atoms with Crippen molar-refractivity contribution in [2.75, 3.05) is 0 Å². The number of benzene rings is 4. The minimum atomic E-state index is -4.48. The summed E-state index contributed by atoms with van der Waals surface area (Å²) in [6, 6.07) is 26.7. The summed E-state index contributed by atoms with van der Waals surface area (Å²) < 4.78 is 23.1. The molecule has 1 atom stereocenters. The smallest absolute Gasteiger partial charge is 0.395 e. The molecule has 1 unspecified atom stereocenters. The number of phosphoric ester groups is 1. The zero-order valence-corrected chi connectivity index (χ0v) is 20.1. The molecule has 0 aliphatic rings. The van der Waals surface area contributed by atoms with Crippen molar-refractivity contribution in [3.63, 3.8) is 0 Å². The first-order chi connectivity index (χ1) is 16.2. The fourth-order valence-corrected chi connectivity index (χ4v) is 4.81. The van der Waals surface area contributed by atoms with Gasteiger partial charge in [0.25, 0.3) is 0 Å². The molecule has 0 fully saturated rings. The fraction of sp³-hybridized carbons (Fsp3) is 0.107. The molecule has 0 radical (unpaired) electrons. The predicted octanol–water partition coefficient (Wildman–Crippen LogP) is 7.07. The quantitative estimate of drug-likeness (QED) is 0.230. The van der Waals surface area contributed by atoms with E-state index in [9.17, 15) is 14.3 Å². The molecule has 0 saturated carbocycles. The maximum absolute atomic E-state index is 13.1. The van der Waals surface area contributed by atoms with E-state index in [1.165, 1.54) is 12.1 Å². The second kappa shape index (κ2) is 9.68. The number of ketones is 1. The highest BCUT2D eigenvalue weighted by atomic mass is 31.2. The van der Waals surface area contributed by atoms with Crippen molar-refractivity contribution >= 4 is 13.6 Å². The lowest BCUT2D eigenvalue weighted by atomic mass is 9.93. The van der Waals surface area contributed by atoms with Crippen molar-refractivity contribution in [3.8, 4) is 22.6 Å². The lowest BCUT2D eigenvalue weighted by molar-refractivity contribution is 0.103. The Morgan fingerprint density at radius 3 is 1.94 bits per heavy atom. The van der Waals surface area contributed by atoms with Crippen LogP contribution >= 0.6 is 7.82 Å². The van der Waals surface area contributed by atoms with Gasteiger partial charge in [-0.15, -0.1) is 0 Å². The summed E-state index contributed by atoms with van der Waals surface area (Å²) in [5, 5.41) is 0. The van der Waals surface area contributed by atoms with Gasteiger partial charge in [0.2, 0.25) is 0 Å². The highest BCUT2D eigenvalue weighted by Crippen LogP contribution is 2.44. The molecule has 0 amide bonds. The lowest BCUT2D eigenvalue weighted by Crippen LogP contribution is -2.07. The largest absolute Gasteiger partial charge is 0.584 e. The number of carbonyl (C=O) groups excluding carboxylic acids is 1. The molecule has 0 spiro atoms. The molecule has 4 aromatic carbocycles. The van der Waals surface area contributed by atoms with Crippen LogP contribution in [0.5, 0.6) is 11.5 Å². The molecule has 34 heavy (non-hydrogen) atoms. The SMILES string of the molecule is Cc1cc(C)c(C(=O)c2cccc(OP(=O)(O)Oc3ccc(-c4ccccc4)cc3)c2)c(C)c1. The van der Waals surface area contributed by atoms with E-state index in [0.717, 1.165) is 27.8 Å². The normalized spacial score (nSPS) is 12.6. The maximum Gasteiger partial charge on any atom is 0.584 e. The average Bonchev–Trinajstić information content (AvgIpc) is 2.79. The summed E-state index contributed by atoms with van der Waals surface area (Å²) in [4.78, 5) is 23.4. The van der Waals surface area contributed by atoms with Crippen LogP contribution in [0.4, 0.5) is 0 Å². The third kappa shape index (κ3) is 5.45. The van der Waals surface area contributed by atoms with Gasteiger partial charge in [0.1, 0.15) is 11.5 Å². The van der Waals surface area contributed by atoms with Crippen LogP contribution in [-0.2, 0) is 4.57 Å². The first-order valence-electron chi connectivity index (χ1n) is 10.8. The molecular weight excluding hydrogens is 447 g/mol. The molecule has 0 aliphatic heterocycles. The molecule has 0 aromatic heterocycles. The zero-order valence-electron chi connectivity index (χ0n) is 19.2. The van der Waals surface area contributed by atoms with Crippen LogP contribution in [0.2, 0.25) is 0 Å². The van der Waals surface area contributed by atoms with Gasteiger partial charge in [0, 0.05) is 11.1 Å². The Hall–Kier alpha value is -3.66. The van der Waals surface area contributed by atoms with Gasteiger partial charge in [-0.25, -0.2) is 4.57 Å². The van der Waals surface area contributed by atoms with E-state index in [-0.39, 0.29) is 17.3 Å². The van der Waals surface area contributed by atoms with Crippen molar-refractivity contribution < 1.29 is 23.3 Å². The summed E-state index contributed by atoms with van der Waals surface area (Å²) in [6.07, 6.45) is 0. The molecule has 4 aromatic rings. The number of hydrogen-bond acceptors (Lipinski definition) is 4. The summed E-state index contributed by atoms with van der Waals surface area (Å²) in [5.74, 6) is 0.0919. The average molecular weight is 472 g/mol. The number of hydrogen-bond donors (Lipinski definition) is 1. The Labute approximate surface area is 199 Å². The van der Waals surface area contributed by atoms with Crippen LogP contribution < -0.4 is 9.05 Å². The second-order valence-corrected chi connectivity index (χ2v) is 9.47. The molecular formula is C28H25O5P. The van der Waals surface area contributed by atoms with E-state index >= 15 is 0 Å². The van der Waals surface area contributed by atoms with E-state index < -0.39 is 7.82 Å². The summed E-state index contributed by atoms with van der Waals surface area (Å²) >= 11 is 0. The first-order valence-corrected chi connectivity index (χ1v) is 12.3. The van der Waals surface area contributed by atoms with Gasteiger partial charge in [0.15, 0.2) is 5.78 Å². The van der Waals surface area contributed by atoms with Crippen molar-refractivity contribution in [1.29, 1.82) is 0 Å². The zero-order chi connectivity index (χ0) is 24.3. The summed E-state index contributed by atoms with van der Waals surface area (Å²) in [7, 11) is -4.48. The van der Waals surface area contributed by atoms with Gasteiger partial charge in [-0.3, -0.25) is 9.69 Å². The molecule has 4 rings (SSSR count).